The van der Waals surface area contributed by atoms with Crippen molar-refractivity contribution in [2.24, 2.45) is 17.8 Å². The summed E-state index contributed by atoms with van der Waals surface area (Å²) in [7, 11) is 3.11. The molecule has 0 heterocycles. The number of thioether (sulfide) groups is 1. The van der Waals surface area contributed by atoms with Crippen LogP contribution in [0.25, 0.3) is 0 Å². The van der Waals surface area contributed by atoms with Gasteiger partial charge >= 0.3 is 5.97 Å². The molecule has 3 nitrogen and oxygen atoms in total. The maximum absolute atomic E-state index is 12.8. The predicted octanol–water partition coefficient (Wildman–Crippen LogP) is 6.69. The zero-order valence-electron chi connectivity index (χ0n) is 17.6. The van der Waals surface area contributed by atoms with Crippen LogP contribution < -0.4 is 4.74 Å². The lowest BCUT2D eigenvalue weighted by Gasteiger charge is -2.56. The van der Waals surface area contributed by atoms with Gasteiger partial charge in [-0.1, -0.05) is 30.0 Å². The Balaban J connectivity index is 1.50. The molecule has 4 bridgehead atoms. The zero-order chi connectivity index (χ0) is 20.7. The highest BCUT2D eigenvalue weighted by Gasteiger charge is 2.51. The Morgan fingerprint density at radius 3 is 2.07 bits per heavy atom. The molecule has 4 saturated carbocycles. The maximum atomic E-state index is 12.8. The molecular weight excluding hydrogens is 412 g/mol. The molecule has 5 heteroatoms. The van der Waals surface area contributed by atoms with E-state index in [0.717, 1.165) is 32.4 Å². The van der Waals surface area contributed by atoms with E-state index in [-0.39, 0.29) is 5.97 Å². The van der Waals surface area contributed by atoms with E-state index in [1.807, 2.05) is 30.0 Å². The maximum Gasteiger partial charge on any atom is 0.342 e. The van der Waals surface area contributed by atoms with E-state index in [4.69, 9.17) is 9.47 Å². The first kappa shape index (κ1) is 20.3. The van der Waals surface area contributed by atoms with Crippen molar-refractivity contribution in [3.05, 3.63) is 48.0 Å². The Morgan fingerprint density at radius 2 is 1.50 bits per heavy atom. The summed E-state index contributed by atoms with van der Waals surface area (Å²) >= 11 is 3.54. The van der Waals surface area contributed by atoms with E-state index in [1.54, 1.807) is 18.9 Å². The summed E-state index contributed by atoms with van der Waals surface area (Å²) in [5.74, 6) is 3.01. The van der Waals surface area contributed by atoms with E-state index in [1.165, 1.54) is 45.6 Å². The Bertz CT molecular complexity index is 906. The number of rotatable bonds is 6. The fourth-order valence-electron chi connectivity index (χ4n) is 6.21. The summed E-state index contributed by atoms with van der Waals surface area (Å²) in [6, 6.07) is 14.3. The van der Waals surface area contributed by atoms with Gasteiger partial charge in [0, 0.05) is 14.5 Å². The zero-order valence-corrected chi connectivity index (χ0v) is 19.2. The minimum absolute atomic E-state index is 0.309. The SMILES string of the molecule is COC(=O)c1c(Sc2ccccc2)ccc(SC23CC4CC(CC(C4)C2)C3)c1OC. The van der Waals surface area contributed by atoms with Crippen LogP contribution in [0.5, 0.6) is 5.75 Å². The van der Waals surface area contributed by atoms with Crippen LogP contribution in [0.3, 0.4) is 0 Å². The van der Waals surface area contributed by atoms with Crippen LogP contribution in [0.15, 0.2) is 57.2 Å². The van der Waals surface area contributed by atoms with Gasteiger partial charge in [-0.3, -0.25) is 0 Å². The lowest BCUT2D eigenvalue weighted by molar-refractivity contribution is 0.0383. The number of methoxy groups -OCH3 is 2. The molecule has 0 spiro atoms. The molecule has 6 rings (SSSR count). The number of hydrogen-bond acceptors (Lipinski definition) is 5. The van der Waals surface area contributed by atoms with E-state index in [0.29, 0.717) is 16.1 Å². The average Bonchev–Trinajstić information content (AvgIpc) is 2.73. The van der Waals surface area contributed by atoms with Crippen molar-refractivity contribution in [2.45, 2.75) is 58.0 Å². The van der Waals surface area contributed by atoms with Crippen molar-refractivity contribution in [3.63, 3.8) is 0 Å². The van der Waals surface area contributed by atoms with Gasteiger partial charge in [0.25, 0.3) is 0 Å². The highest BCUT2D eigenvalue weighted by molar-refractivity contribution is 8.01. The van der Waals surface area contributed by atoms with Crippen LogP contribution >= 0.6 is 23.5 Å². The van der Waals surface area contributed by atoms with Crippen LogP contribution in [0.2, 0.25) is 0 Å². The highest BCUT2D eigenvalue weighted by Crippen LogP contribution is 2.62. The van der Waals surface area contributed by atoms with Crippen LogP contribution in [-0.4, -0.2) is 24.9 Å². The molecule has 0 unspecified atom stereocenters. The first-order chi connectivity index (χ1) is 14.6. The first-order valence-electron chi connectivity index (χ1n) is 10.8. The number of benzene rings is 2. The average molecular weight is 441 g/mol. The van der Waals surface area contributed by atoms with Crippen LogP contribution in [0, 0.1) is 17.8 Å². The minimum Gasteiger partial charge on any atom is -0.495 e. The summed E-state index contributed by atoms with van der Waals surface area (Å²) < 4.78 is 11.3. The lowest BCUT2D eigenvalue weighted by Crippen LogP contribution is -2.48. The van der Waals surface area contributed by atoms with Gasteiger partial charge in [-0.2, -0.15) is 0 Å². The van der Waals surface area contributed by atoms with Gasteiger partial charge in [-0.25, -0.2) is 4.79 Å². The Morgan fingerprint density at radius 1 is 0.900 bits per heavy atom. The van der Waals surface area contributed by atoms with Gasteiger partial charge in [0.1, 0.15) is 11.3 Å². The summed E-state index contributed by atoms with van der Waals surface area (Å²) in [4.78, 5) is 15.8. The third kappa shape index (κ3) is 3.75. The van der Waals surface area contributed by atoms with Crippen LogP contribution in [0.4, 0.5) is 0 Å². The summed E-state index contributed by atoms with van der Waals surface area (Å²) in [6.07, 6.45) is 8.20. The molecule has 4 fully saturated rings. The van der Waals surface area contributed by atoms with Gasteiger partial charge < -0.3 is 9.47 Å². The number of esters is 1. The Labute approximate surface area is 187 Å². The molecular formula is C25H28O3S2. The number of carbonyl (C=O) groups is 1. The fourth-order valence-corrected chi connectivity index (χ4v) is 9.01. The standard InChI is InChI=1S/C25H28O3S2/c1-27-23-21(30-25-13-16-10-17(14-25)12-18(11-16)15-25)9-8-20(22(23)24(26)28-2)29-19-6-4-3-5-7-19/h3-9,16-18H,10-15H2,1-2H3. The van der Waals surface area contributed by atoms with Crippen molar-refractivity contribution in [1.82, 2.24) is 0 Å². The molecule has 0 N–H and O–H groups in total. The highest BCUT2D eigenvalue weighted by atomic mass is 32.2. The second-order valence-electron chi connectivity index (χ2n) is 9.08. The van der Waals surface area contributed by atoms with E-state index >= 15 is 0 Å². The minimum atomic E-state index is -0.335. The predicted molar refractivity (Wildman–Crippen MR) is 122 cm³/mol. The van der Waals surface area contributed by atoms with Crippen molar-refractivity contribution in [2.75, 3.05) is 14.2 Å². The third-order valence-electron chi connectivity index (χ3n) is 6.96. The third-order valence-corrected chi connectivity index (χ3v) is 9.50. The molecule has 158 valence electrons. The van der Waals surface area contributed by atoms with E-state index < -0.39 is 0 Å². The summed E-state index contributed by atoms with van der Waals surface area (Å²) in [5.41, 5.74) is 0.545. The van der Waals surface area contributed by atoms with Gasteiger partial charge in [-0.15, -0.1) is 11.8 Å². The first-order valence-corrected chi connectivity index (χ1v) is 12.4. The number of ether oxygens (including phenoxy) is 2. The molecule has 4 aliphatic carbocycles. The molecule has 0 aliphatic heterocycles. The summed E-state index contributed by atoms with van der Waals surface area (Å²) in [6.45, 7) is 0. The van der Waals surface area contributed by atoms with Gasteiger partial charge in [0.2, 0.25) is 0 Å². The second-order valence-corrected chi connectivity index (χ2v) is 11.7. The second kappa shape index (κ2) is 8.16. The molecule has 4 aliphatic rings. The van der Waals surface area contributed by atoms with Crippen LogP contribution in [0.1, 0.15) is 48.9 Å². The fraction of sp³-hybridized carbons (Fsp3) is 0.480. The molecule has 2 aromatic carbocycles. The van der Waals surface area contributed by atoms with Gasteiger partial charge in [0.15, 0.2) is 0 Å². The normalized spacial score (nSPS) is 29.1. The van der Waals surface area contributed by atoms with E-state index in [2.05, 4.69) is 24.3 Å². The Kier molecular flexibility index (Phi) is 5.53. The van der Waals surface area contributed by atoms with Crippen molar-refractivity contribution >= 4 is 29.5 Å². The topological polar surface area (TPSA) is 35.5 Å². The molecule has 2 aromatic rings. The molecule has 30 heavy (non-hydrogen) atoms. The van der Waals surface area contributed by atoms with Crippen molar-refractivity contribution < 1.29 is 14.3 Å². The van der Waals surface area contributed by atoms with E-state index in [9.17, 15) is 4.79 Å². The van der Waals surface area contributed by atoms with Gasteiger partial charge in [0.05, 0.1) is 19.1 Å². The number of carbonyl (C=O) groups excluding carboxylic acids is 1. The molecule has 0 radical (unpaired) electrons. The molecule has 0 saturated heterocycles. The smallest absolute Gasteiger partial charge is 0.342 e. The largest absolute Gasteiger partial charge is 0.495 e. The monoisotopic (exact) mass is 440 g/mol. The summed E-state index contributed by atoms with van der Waals surface area (Å²) in [5, 5.41) is 0. The van der Waals surface area contributed by atoms with Crippen molar-refractivity contribution in [3.8, 4) is 5.75 Å². The lowest BCUT2D eigenvalue weighted by atomic mass is 9.56. The molecule has 0 atom stereocenters. The van der Waals surface area contributed by atoms with Crippen molar-refractivity contribution in [1.29, 1.82) is 0 Å². The van der Waals surface area contributed by atoms with Gasteiger partial charge in [-0.05, 0) is 80.5 Å². The number of hydrogen-bond donors (Lipinski definition) is 0. The van der Waals surface area contributed by atoms with Crippen LogP contribution in [-0.2, 0) is 4.74 Å². The quantitative estimate of drug-likeness (QED) is 0.467. The Hall–Kier alpha value is -1.59. The molecule has 0 amide bonds. The molecule has 0 aromatic heterocycles.